The van der Waals surface area contributed by atoms with Crippen molar-refractivity contribution in [3.63, 3.8) is 0 Å². The smallest absolute Gasteiger partial charge is 0.318 e. The third-order valence-electron chi connectivity index (χ3n) is 5.28. The highest BCUT2D eigenvalue weighted by Crippen LogP contribution is 2.27. The summed E-state index contributed by atoms with van der Waals surface area (Å²) in [5.41, 5.74) is 1.80. The zero-order chi connectivity index (χ0) is 16.9. The summed E-state index contributed by atoms with van der Waals surface area (Å²) in [6.07, 6.45) is 6.31. The Morgan fingerprint density at radius 1 is 1.38 bits per heavy atom. The fourth-order valence-electron chi connectivity index (χ4n) is 3.76. The van der Waals surface area contributed by atoms with E-state index in [0.29, 0.717) is 25.6 Å². The molecule has 1 atom stereocenters. The highest BCUT2D eigenvalue weighted by atomic mass is 16.5. The van der Waals surface area contributed by atoms with E-state index in [1.807, 2.05) is 23.1 Å². The van der Waals surface area contributed by atoms with E-state index in [0.717, 1.165) is 16.9 Å². The van der Waals surface area contributed by atoms with Crippen molar-refractivity contribution >= 4 is 6.03 Å². The van der Waals surface area contributed by atoms with E-state index in [2.05, 4.69) is 12.2 Å². The molecule has 1 aromatic rings. The summed E-state index contributed by atoms with van der Waals surface area (Å²) in [7, 11) is 0. The first kappa shape index (κ1) is 17.1. The zero-order valence-electron chi connectivity index (χ0n) is 14.5. The number of aliphatic hydroxyl groups is 1. The topological polar surface area (TPSA) is 61.8 Å². The summed E-state index contributed by atoms with van der Waals surface area (Å²) >= 11 is 0. The molecule has 1 heterocycles. The SMILES string of the molecule is CC(NC(=O)N1CCOc2ccc(CO)cc2C1)C1CCCCC1. The number of aliphatic hydroxyl groups excluding tert-OH is 1. The second-order valence-electron chi connectivity index (χ2n) is 7.01. The number of carbonyl (C=O) groups is 1. The number of nitrogens with zero attached hydrogens (tertiary/aromatic N) is 1. The second kappa shape index (κ2) is 7.88. The van der Waals surface area contributed by atoms with E-state index in [-0.39, 0.29) is 18.7 Å². The molecule has 1 saturated carbocycles. The maximum atomic E-state index is 12.7. The largest absolute Gasteiger partial charge is 0.491 e. The number of amides is 2. The van der Waals surface area contributed by atoms with Crippen molar-refractivity contribution in [3.05, 3.63) is 29.3 Å². The van der Waals surface area contributed by atoms with Crippen LogP contribution in [0.25, 0.3) is 0 Å². The highest BCUT2D eigenvalue weighted by Gasteiger charge is 2.25. The second-order valence-corrected chi connectivity index (χ2v) is 7.01. The minimum atomic E-state index is -0.0149. The molecule has 0 saturated heterocycles. The lowest BCUT2D eigenvalue weighted by Crippen LogP contribution is -2.47. The average Bonchev–Trinajstić information content (AvgIpc) is 2.84. The van der Waals surface area contributed by atoms with Crippen LogP contribution < -0.4 is 10.1 Å². The molecule has 1 unspecified atom stereocenters. The van der Waals surface area contributed by atoms with Gasteiger partial charge in [0.05, 0.1) is 19.7 Å². The van der Waals surface area contributed by atoms with Gasteiger partial charge in [-0.25, -0.2) is 4.79 Å². The number of hydrogen-bond acceptors (Lipinski definition) is 3. The van der Waals surface area contributed by atoms with Gasteiger partial charge in [0, 0.05) is 11.6 Å². The van der Waals surface area contributed by atoms with Crippen molar-refractivity contribution in [1.82, 2.24) is 10.2 Å². The van der Waals surface area contributed by atoms with Gasteiger partial charge in [-0.05, 0) is 43.4 Å². The minimum Gasteiger partial charge on any atom is -0.491 e. The molecule has 2 amide bonds. The molecule has 0 spiro atoms. The van der Waals surface area contributed by atoms with E-state index in [4.69, 9.17) is 4.74 Å². The third-order valence-corrected chi connectivity index (χ3v) is 5.28. The molecule has 5 nitrogen and oxygen atoms in total. The summed E-state index contributed by atoms with van der Waals surface area (Å²) < 4.78 is 5.75. The van der Waals surface area contributed by atoms with Crippen LogP contribution >= 0.6 is 0 Å². The van der Waals surface area contributed by atoms with Crippen molar-refractivity contribution in [3.8, 4) is 5.75 Å². The van der Waals surface area contributed by atoms with Gasteiger partial charge < -0.3 is 20.1 Å². The molecule has 1 aliphatic carbocycles. The summed E-state index contributed by atoms with van der Waals surface area (Å²) in [5.74, 6) is 1.40. The standard InChI is InChI=1S/C19H28N2O3/c1-14(16-5-3-2-4-6-16)20-19(23)21-9-10-24-18-8-7-15(13-22)11-17(18)12-21/h7-8,11,14,16,22H,2-6,9-10,12-13H2,1H3,(H,20,23). The van der Waals surface area contributed by atoms with E-state index in [1.165, 1.54) is 32.1 Å². The Labute approximate surface area is 144 Å². The van der Waals surface area contributed by atoms with E-state index >= 15 is 0 Å². The van der Waals surface area contributed by atoms with Gasteiger partial charge in [-0.1, -0.05) is 25.3 Å². The lowest BCUT2D eigenvalue weighted by atomic mass is 9.84. The van der Waals surface area contributed by atoms with Crippen molar-refractivity contribution in [1.29, 1.82) is 0 Å². The monoisotopic (exact) mass is 332 g/mol. The quantitative estimate of drug-likeness (QED) is 0.894. The van der Waals surface area contributed by atoms with Crippen molar-refractivity contribution in [2.45, 2.75) is 58.2 Å². The molecule has 3 rings (SSSR count). The molecule has 0 bridgehead atoms. The molecule has 0 aromatic heterocycles. The summed E-state index contributed by atoms with van der Waals surface area (Å²) in [5, 5.41) is 12.5. The van der Waals surface area contributed by atoms with Crippen LogP contribution in [0, 0.1) is 5.92 Å². The molecule has 132 valence electrons. The molecule has 1 aliphatic heterocycles. The van der Waals surface area contributed by atoms with Gasteiger partial charge in [0.1, 0.15) is 12.4 Å². The number of fused-ring (bicyclic) bond motifs is 1. The normalized spacial score (nSPS) is 19.8. The van der Waals surface area contributed by atoms with E-state index < -0.39 is 0 Å². The van der Waals surface area contributed by atoms with Crippen LogP contribution in [0.2, 0.25) is 0 Å². The van der Waals surface area contributed by atoms with Crippen LogP contribution in [0.3, 0.4) is 0 Å². The number of ether oxygens (including phenoxy) is 1. The van der Waals surface area contributed by atoms with E-state index in [9.17, 15) is 9.90 Å². The zero-order valence-corrected chi connectivity index (χ0v) is 14.5. The number of urea groups is 1. The molecule has 2 aliphatic rings. The molecular formula is C19H28N2O3. The van der Waals surface area contributed by atoms with Gasteiger partial charge in [0.15, 0.2) is 0 Å². The fraction of sp³-hybridized carbons (Fsp3) is 0.632. The number of carbonyl (C=O) groups excluding carboxylic acids is 1. The van der Waals surface area contributed by atoms with Crippen LogP contribution in [0.5, 0.6) is 5.75 Å². The summed E-state index contributed by atoms with van der Waals surface area (Å²) in [6.45, 7) is 3.72. The first-order valence-electron chi connectivity index (χ1n) is 9.08. The molecule has 0 radical (unpaired) electrons. The van der Waals surface area contributed by atoms with Gasteiger partial charge in [-0.3, -0.25) is 0 Å². The minimum absolute atomic E-state index is 0.00180. The number of benzene rings is 1. The number of nitrogens with one attached hydrogen (secondary N) is 1. The molecule has 5 heteroatoms. The number of hydrogen-bond donors (Lipinski definition) is 2. The number of rotatable bonds is 3. The van der Waals surface area contributed by atoms with Crippen molar-refractivity contribution in [2.75, 3.05) is 13.2 Å². The third kappa shape index (κ3) is 4.01. The molecular weight excluding hydrogens is 304 g/mol. The van der Waals surface area contributed by atoms with Crippen LogP contribution in [0.4, 0.5) is 4.79 Å². The Morgan fingerprint density at radius 2 is 2.17 bits per heavy atom. The Hall–Kier alpha value is -1.75. The lowest BCUT2D eigenvalue weighted by Gasteiger charge is -2.30. The molecule has 1 fully saturated rings. The Morgan fingerprint density at radius 3 is 2.92 bits per heavy atom. The molecule has 1 aromatic carbocycles. The van der Waals surface area contributed by atoms with Crippen LogP contribution in [0.1, 0.15) is 50.2 Å². The fourth-order valence-corrected chi connectivity index (χ4v) is 3.76. The van der Waals surface area contributed by atoms with Crippen LogP contribution in [0.15, 0.2) is 18.2 Å². The first-order valence-corrected chi connectivity index (χ1v) is 9.08. The van der Waals surface area contributed by atoms with Crippen LogP contribution in [-0.2, 0) is 13.2 Å². The van der Waals surface area contributed by atoms with Gasteiger partial charge in [-0.2, -0.15) is 0 Å². The first-order chi connectivity index (χ1) is 11.7. The predicted molar refractivity (Wildman–Crippen MR) is 92.8 cm³/mol. The predicted octanol–water partition coefficient (Wildman–Crippen LogP) is 3.05. The van der Waals surface area contributed by atoms with Crippen molar-refractivity contribution < 1.29 is 14.6 Å². The Kier molecular flexibility index (Phi) is 5.61. The maximum absolute atomic E-state index is 12.7. The average molecular weight is 332 g/mol. The molecule has 24 heavy (non-hydrogen) atoms. The summed E-state index contributed by atoms with van der Waals surface area (Å²) in [6, 6.07) is 5.86. The van der Waals surface area contributed by atoms with Gasteiger partial charge in [0.2, 0.25) is 0 Å². The van der Waals surface area contributed by atoms with Gasteiger partial charge >= 0.3 is 6.03 Å². The van der Waals surface area contributed by atoms with E-state index in [1.54, 1.807) is 0 Å². The van der Waals surface area contributed by atoms with Crippen molar-refractivity contribution in [2.24, 2.45) is 5.92 Å². The lowest BCUT2D eigenvalue weighted by molar-refractivity contribution is 0.176. The van der Waals surface area contributed by atoms with Crippen LogP contribution in [-0.4, -0.2) is 35.2 Å². The van der Waals surface area contributed by atoms with Gasteiger partial charge in [-0.15, -0.1) is 0 Å². The Balaban J connectivity index is 1.63. The maximum Gasteiger partial charge on any atom is 0.318 e. The molecule has 2 N–H and O–H groups in total. The highest BCUT2D eigenvalue weighted by molar-refractivity contribution is 5.74. The summed E-state index contributed by atoms with van der Waals surface area (Å²) in [4.78, 5) is 14.5. The Bertz CT molecular complexity index is 570. The van der Waals surface area contributed by atoms with Gasteiger partial charge in [0.25, 0.3) is 0 Å².